The highest BCUT2D eigenvalue weighted by Gasteiger charge is 2.22. The maximum Gasteiger partial charge on any atom is 0.260 e. The Kier molecular flexibility index (Phi) is 7.47. The third-order valence-electron chi connectivity index (χ3n) is 4.77. The Morgan fingerprint density at radius 2 is 1.79 bits per heavy atom. The summed E-state index contributed by atoms with van der Waals surface area (Å²) in [5.41, 5.74) is 1.39. The number of halogens is 1. The van der Waals surface area contributed by atoms with Gasteiger partial charge in [0.2, 0.25) is 0 Å². The van der Waals surface area contributed by atoms with Crippen LogP contribution in [-0.4, -0.2) is 48.6 Å². The molecule has 1 aromatic heterocycles. The molecule has 7 heteroatoms. The maximum atomic E-state index is 13.3. The van der Waals surface area contributed by atoms with Gasteiger partial charge in [-0.15, -0.1) is 0 Å². The van der Waals surface area contributed by atoms with Crippen LogP contribution in [0.15, 0.2) is 42.5 Å². The van der Waals surface area contributed by atoms with E-state index in [0.717, 1.165) is 35.6 Å². The Hall–Kier alpha value is -2.15. The van der Waals surface area contributed by atoms with Crippen LogP contribution >= 0.6 is 22.9 Å². The molecule has 0 aliphatic heterocycles. The lowest BCUT2D eigenvalue weighted by molar-refractivity contribution is 0.0984. The van der Waals surface area contributed by atoms with Crippen LogP contribution in [0.25, 0.3) is 10.2 Å². The molecule has 0 aliphatic carbocycles. The van der Waals surface area contributed by atoms with E-state index in [4.69, 9.17) is 21.3 Å². The van der Waals surface area contributed by atoms with Gasteiger partial charge in [-0.3, -0.25) is 9.69 Å². The summed E-state index contributed by atoms with van der Waals surface area (Å²) in [6.45, 7) is 9.99. The van der Waals surface area contributed by atoms with Crippen LogP contribution in [0.3, 0.4) is 0 Å². The lowest BCUT2D eigenvalue weighted by atomic mass is 10.2. The number of benzene rings is 2. The molecule has 0 aliphatic rings. The number of hydrogen-bond donors (Lipinski definition) is 0. The van der Waals surface area contributed by atoms with Gasteiger partial charge in [-0.05, 0) is 56.4 Å². The second-order valence-electron chi connectivity index (χ2n) is 6.52. The Morgan fingerprint density at radius 1 is 1.07 bits per heavy atom. The summed E-state index contributed by atoms with van der Waals surface area (Å²) in [5, 5.41) is 1.29. The number of carbonyl (C=O) groups is 1. The quantitative estimate of drug-likeness (QED) is 0.459. The van der Waals surface area contributed by atoms with Crippen molar-refractivity contribution < 1.29 is 9.53 Å². The van der Waals surface area contributed by atoms with Crippen LogP contribution in [0.1, 0.15) is 31.1 Å². The zero-order valence-electron chi connectivity index (χ0n) is 17.0. The summed E-state index contributed by atoms with van der Waals surface area (Å²) in [4.78, 5) is 22.2. The van der Waals surface area contributed by atoms with Gasteiger partial charge in [0.05, 0.1) is 11.3 Å². The van der Waals surface area contributed by atoms with Gasteiger partial charge < -0.3 is 9.64 Å². The molecule has 3 aromatic rings. The van der Waals surface area contributed by atoms with Crippen molar-refractivity contribution in [2.45, 2.75) is 20.8 Å². The van der Waals surface area contributed by atoms with Crippen molar-refractivity contribution in [1.82, 2.24) is 9.88 Å². The molecule has 1 amide bonds. The van der Waals surface area contributed by atoms with Gasteiger partial charge in [-0.2, -0.15) is 0 Å². The molecule has 29 heavy (non-hydrogen) atoms. The lowest BCUT2D eigenvalue weighted by Crippen LogP contribution is -2.38. The van der Waals surface area contributed by atoms with Gasteiger partial charge in [-0.25, -0.2) is 4.98 Å². The van der Waals surface area contributed by atoms with Crippen molar-refractivity contribution in [2.24, 2.45) is 0 Å². The van der Waals surface area contributed by atoms with Crippen LogP contribution in [0, 0.1) is 0 Å². The summed E-state index contributed by atoms with van der Waals surface area (Å²) in [5.74, 6) is 0.668. The Morgan fingerprint density at radius 3 is 2.45 bits per heavy atom. The second-order valence-corrected chi connectivity index (χ2v) is 7.97. The molecule has 0 atom stereocenters. The average Bonchev–Trinajstić information content (AvgIpc) is 3.16. The van der Waals surface area contributed by atoms with Crippen molar-refractivity contribution in [3.05, 3.63) is 53.1 Å². The normalized spacial score (nSPS) is 11.2. The fourth-order valence-corrected chi connectivity index (χ4v) is 4.25. The summed E-state index contributed by atoms with van der Waals surface area (Å²) >= 11 is 7.51. The smallest absolute Gasteiger partial charge is 0.260 e. The number of hydrogen-bond acceptors (Lipinski definition) is 5. The highest BCUT2D eigenvalue weighted by atomic mass is 35.5. The van der Waals surface area contributed by atoms with Crippen LogP contribution in [0.2, 0.25) is 5.02 Å². The first kappa shape index (κ1) is 21.6. The fourth-order valence-electron chi connectivity index (χ4n) is 3.11. The number of rotatable bonds is 9. The van der Waals surface area contributed by atoms with Gasteiger partial charge in [0.25, 0.3) is 5.91 Å². The topological polar surface area (TPSA) is 45.7 Å². The van der Waals surface area contributed by atoms with Gasteiger partial charge in [-0.1, -0.05) is 42.9 Å². The summed E-state index contributed by atoms with van der Waals surface area (Å²) < 4.78 is 6.72. The highest BCUT2D eigenvalue weighted by molar-refractivity contribution is 7.22. The number of thiazole rings is 1. The number of nitrogens with zero attached hydrogens (tertiary/aromatic N) is 3. The minimum Gasteiger partial charge on any atom is -0.492 e. The molecule has 0 N–H and O–H groups in total. The van der Waals surface area contributed by atoms with Crippen molar-refractivity contribution in [2.75, 3.05) is 37.7 Å². The minimum absolute atomic E-state index is 0.0779. The number of ether oxygens (including phenoxy) is 1. The van der Waals surface area contributed by atoms with Crippen LogP contribution in [0.5, 0.6) is 5.75 Å². The van der Waals surface area contributed by atoms with E-state index in [1.54, 1.807) is 29.2 Å². The molecule has 154 valence electrons. The highest BCUT2D eigenvalue weighted by Crippen LogP contribution is 2.34. The lowest BCUT2D eigenvalue weighted by Gasteiger charge is -2.24. The van der Waals surface area contributed by atoms with Crippen molar-refractivity contribution in [1.29, 1.82) is 0 Å². The molecule has 5 nitrogen and oxygen atoms in total. The van der Waals surface area contributed by atoms with E-state index in [2.05, 4.69) is 18.7 Å². The van der Waals surface area contributed by atoms with Gasteiger partial charge in [0.1, 0.15) is 11.3 Å². The van der Waals surface area contributed by atoms with Crippen LogP contribution in [0.4, 0.5) is 5.13 Å². The van der Waals surface area contributed by atoms with Crippen LogP contribution < -0.4 is 9.64 Å². The predicted octanol–water partition coefficient (Wildman–Crippen LogP) is 5.34. The Balaban J connectivity index is 1.97. The standard InChI is InChI=1S/C22H26ClN3O2S/c1-4-25(5-2)14-15-26(21(27)16-10-12-17(23)13-11-16)22-24-20-18(28-6-3)8-7-9-19(20)29-22/h7-13H,4-6,14-15H2,1-3H3. The molecular formula is C22H26ClN3O2S. The number of carbonyl (C=O) groups excluding carboxylic acids is 1. The molecule has 0 fully saturated rings. The third kappa shape index (κ3) is 5.07. The number of aromatic nitrogens is 1. The summed E-state index contributed by atoms with van der Waals surface area (Å²) in [6.07, 6.45) is 0. The molecule has 0 bridgehead atoms. The molecule has 3 rings (SSSR count). The molecule has 0 saturated heterocycles. The largest absolute Gasteiger partial charge is 0.492 e. The SMILES string of the molecule is CCOc1cccc2sc(N(CCN(CC)CC)C(=O)c3ccc(Cl)cc3)nc12. The Bertz CT molecular complexity index is 954. The van der Waals surface area contributed by atoms with E-state index in [9.17, 15) is 4.79 Å². The third-order valence-corrected chi connectivity index (χ3v) is 6.07. The van der Waals surface area contributed by atoms with Crippen molar-refractivity contribution >= 4 is 44.2 Å². The average molecular weight is 432 g/mol. The Labute approximate surface area is 180 Å². The van der Waals surface area contributed by atoms with Gasteiger partial charge in [0.15, 0.2) is 5.13 Å². The van der Waals surface area contributed by atoms with E-state index in [0.29, 0.717) is 28.9 Å². The van der Waals surface area contributed by atoms with E-state index in [1.165, 1.54) is 11.3 Å². The fraction of sp³-hybridized carbons (Fsp3) is 0.364. The maximum absolute atomic E-state index is 13.3. The number of fused-ring (bicyclic) bond motifs is 1. The van der Waals surface area contributed by atoms with Gasteiger partial charge in [0, 0.05) is 23.7 Å². The molecule has 0 unspecified atom stereocenters. The zero-order valence-corrected chi connectivity index (χ0v) is 18.6. The van der Waals surface area contributed by atoms with Crippen molar-refractivity contribution in [3.8, 4) is 5.75 Å². The number of para-hydroxylation sites is 1. The van der Waals surface area contributed by atoms with E-state index >= 15 is 0 Å². The molecular weight excluding hydrogens is 406 g/mol. The number of likely N-dealkylation sites (N-methyl/N-ethyl adjacent to an activating group) is 1. The zero-order chi connectivity index (χ0) is 20.8. The first-order chi connectivity index (χ1) is 14.1. The summed E-state index contributed by atoms with van der Waals surface area (Å²) in [6, 6.07) is 12.9. The molecule has 0 spiro atoms. The van der Waals surface area contributed by atoms with E-state index in [1.807, 2.05) is 25.1 Å². The van der Waals surface area contributed by atoms with Gasteiger partial charge >= 0.3 is 0 Å². The molecule has 0 saturated carbocycles. The van der Waals surface area contributed by atoms with Crippen LogP contribution in [-0.2, 0) is 0 Å². The minimum atomic E-state index is -0.0779. The second kappa shape index (κ2) is 10.1. The number of amides is 1. The molecule has 2 aromatic carbocycles. The first-order valence-corrected chi connectivity index (χ1v) is 11.1. The monoisotopic (exact) mass is 431 g/mol. The molecule has 1 heterocycles. The van der Waals surface area contributed by atoms with E-state index < -0.39 is 0 Å². The predicted molar refractivity (Wildman–Crippen MR) is 122 cm³/mol. The first-order valence-electron chi connectivity index (χ1n) is 9.89. The summed E-state index contributed by atoms with van der Waals surface area (Å²) in [7, 11) is 0. The molecule has 0 radical (unpaired) electrons. The number of anilines is 1. The van der Waals surface area contributed by atoms with E-state index in [-0.39, 0.29) is 5.91 Å². The van der Waals surface area contributed by atoms with Crippen molar-refractivity contribution in [3.63, 3.8) is 0 Å².